The van der Waals surface area contributed by atoms with E-state index >= 15 is 0 Å². The Morgan fingerprint density at radius 1 is 1.07 bits per heavy atom. The molecule has 0 aliphatic heterocycles. The zero-order chi connectivity index (χ0) is 19.6. The number of carbonyl (C=O) groups is 2. The van der Waals surface area contributed by atoms with E-state index in [1.807, 2.05) is 0 Å². The van der Waals surface area contributed by atoms with Crippen LogP contribution in [0.1, 0.15) is 20.8 Å². The third-order valence-corrected chi connectivity index (χ3v) is 3.67. The number of rotatable bonds is 5. The fourth-order valence-corrected chi connectivity index (χ4v) is 2.36. The van der Waals surface area contributed by atoms with E-state index in [1.165, 1.54) is 13.1 Å². The van der Waals surface area contributed by atoms with Gasteiger partial charge in [-0.1, -0.05) is 6.07 Å². The SMILES string of the molecule is CNC(=O)c1ccc(Nc2oc(-c3c(F)cccc3F)nc2C(N)=O)cc1. The van der Waals surface area contributed by atoms with Crippen LogP contribution in [0.3, 0.4) is 0 Å². The number of nitrogens with zero attached hydrogens (tertiary/aromatic N) is 1. The van der Waals surface area contributed by atoms with Gasteiger partial charge in [-0.2, -0.15) is 0 Å². The zero-order valence-electron chi connectivity index (χ0n) is 14.0. The smallest absolute Gasteiger partial charge is 0.273 e. The van der Waals surface area contributed by atoms with Gasteiger partial charge in [0.15, 0.2) is 5.69 Å². The van der Waals surface area contributed by atoms with Crippen LogP contribution in [0.25, 0.3) is 11.5 Å². The molecular weight excluding hydrogens is 358 g/mol. The van der Waals surface area contributed by atoms with Crippen molar-refractivity contribution < 1.29 is 22.8 Å². The Kier molecular flexibility index (Phi) is 4.84. The molecule has 1 heterocycles. The molecular formula is C18H14F2N4O3. The Hall–Kier alpha value is -3.75. The zero-order valence-corrected chi connectivity index (χ0v) is 14.0. The van der Waals surface area contributed by atoms with Gasteiger partial charge in [0.2, 0.25) is 11.8 Å². The molecule has 7 nitrogen and oxygen atoms in total. The average molecular weight is 372 g/mol. The molecule has 2 amide bonds. The molecule has 0 bridgehead atoms. The maximum atomic E-state index is 13.9. The van der Waals surface area contributed by atoms with E-state index in [2.05, 4.69) is 15.6 Å². The minimum atomic E-state index is -0.939. The molecule has 0 aliphatic rings. The Balaban J connectivity index is 1.97. The van der Waals surface area contributed by atoms with Crippen LogP contribution in [-0.4, -0.2) is 23.8 Å². The maximum Gasteiger partial charge on any atom is 0.273 e. The van der Waals surface area contributed by atoms with Crippen LogP contribution in [0.5, 0.6) is 0 Å². The van der Waals surface area contributed by atoms with Gasteiger partial charge in [-0.3, -0.25) is 9.59 Å². The number of nitrogens with one attached hydrogen (secondary N) is 2. The first-order valence-electron chi connectivity index (χ1n) is 7.75. The number of amides is 2. The summed E-state index contributed by atoms with van der Waals surface area (Å²) in [6, 6.07) is 9.47. The number of primary amides is 1. The Labute approximate surface area is 152 Å². The van der Waals surface area contributed by atoms with E-state index in [0.717, 1.165) is 12.1 Å². The molecule has 1 aromatic heterocycles. The van der Waals surface area contributed by atoms with Gasteiger partial charge in [0.05, 0.1) is 0 Å². The number of benzene rings is 2. The molecule has 0 spiro atoms. The monoisotopic (exact) mass is 372 g/mol. The second kappa shape index (κ2) is 7.24. The summed E-state index contributed by atoms with van der Waals surface area (Å²) in [6.07, 6.45) is 0. The van der Waals surface area contributed by atoms with E-state index in [9.17, 15) is 18.4 Å². The summed E-state index contributed by atoms with van der Waals surface area (Å²) in [4.78, 5) is 27.0. The Bertz CT molecular complexity index is 996. The number of nitrogens with two attached hydrogens (primary N) is 1. The number of carbonyl (C=O) groups excluding carboxylic acids is 2. The molecule has 4 N–H and O–H groups in total. The molecule has 138 valence electrons. The average Bonchev–Trinajstić information content (AvgIpc) is 3.05. The third kappa shape index (κ3) is 3.61. The van der Waals surface area contributed by atoms with Crippen molar-refractivity contribution in [1.29, 1.82) is 0 Å². The van der Waals surface area contributed by atoms with Crippen LogP contribution in [0.15, 0.2) is 46.9 Å². The van der Waals surface area contributed by atoms with Crippen molar-refractivity contribution in [1.82, 2.24) is 10.3 Å². The van der Waals surface area contributed by atoms with Crippen molar-refractivity contribution in [2.45, 2.75) is 0 Å². The first kappa shape index (κ1) is 18.1. The van der Waals surface area contributed by atoms with Crippen LogP contribution in [0, 0.1) is 11.6 Å². The Morgan fingerprint density at radius 2 is 1.70 bits per heavy atom. The van der Waals surface area contributed by atoms with E-state index in [-0.39, 0.29) is 17.5 Å². The lowest BCUT2D eigenvalue weighted by Gasteiger charge is -2.05. The summed E-state index contributed by atoms with van der Waals surface area (Å²) < 4.78 is 33.2. The van der Waals surface area contributed by atoms with Crippen molar-refractivity contribution in [2.24, 2.45) is 5.73 Å². The van der Waals surface area contributed by atoms with Crippen molar-refractivity contribution in [2.75, 3.05) is 12.4 Å². The van der Waals surface area contributed by atoms with Gasteiger partial charge in [-0.15, -0.1) is 0 Å². The summed E-state index contributed by atoms with van der Waals surface area (Å²) in [5.41, 5.74) is 5.32. The van der Waals surface area contributed by atoms with Crippen LogP contribution < -0.4 is 16.4 Å². The highest BCUT2D eigenvalue weighted by Crippen LogP contribution is 2.31. The highest BCUT2D eigenvalue weighted by Gasteiger charge is 2.23. The molecule has 0 unspecified atom stereocenters. The normalized spacial score (nSPS) is 10.5. The minimum absolute atomic E-state index is 0.173. The van der Waals surface area contributed by atoms with Crippen molar-refractivity contribution >= 4 is 23.4 Å². The summed E-state index contributed by atoms with van der Waals surface area (Å²) in [5, 5.41) is 5.25. The second-order valence-electron chi connectivity index (χ2n) is 5.44. The standard InChI is InChI=1S/C18H14F2N4O3/c1-22-16(26)9-5-7-10(8-6-9)23-18-14(15(21)25)24-17(27-18)13-11(19)3-2-4-12(13)20/h2-8,23H,1H3,(H2,21,25)(H,22,26). The molecule has 3 aromatic rings. The molecule has 0 saturated heterocycles. The first-order valence-corrected chi connectivity index (χ1v) is 7.75. The van der Waals surface area contributed by atoms with Crippen LogP contribution in [0.4, 0.5) is 20.4 Å². The highest BCUT2D eigenvalue weighted by atomic mass is 19.1. The fraction of sp³-hybridized carbons (Fsp3) is 0.0556. The topological polar surface area (TPSA) is 110 Å². The van der Waals surface area contributed by atoms with Gasteiger partial charge < -0.3 is 20.8 Å². The lowest BCUT2D eigenvalue weighted by Crippen LogP contribution is -2.17. The number of aromatic nitrogens is 1. The predicted molar refractivity (Wildman–Crippen MR) is 93.5 cm³/mol. The van der Waals surface area contributed by atoms with Crippen LogP contribution in [0.2, 0.25) is 0 Å². The third-order valence-electron chi connectivity index (χ3n) is 3.67. The fourth-order valence-electron chi connectivity index (χ4n) is 2.36. The summed E-state index contributed by atoms with van der Waals surface area (Å²) in [6.45, 7) is 0. The number of anilines is 2. The van der Waals surface area contributed by atoms with Gasteiger partial charge in [0.1, 0.15) is 17.2 Å². The predicted octanol–water partition coefficient (Wildman–Crippen LogP) is 2.82. The van der Waals surface area contributed by atoms with Crippen LogP contribution in [-0.2, 0) is 0 Å². The van der Waals surface area contributed by atoms with Gasteiger partial charge in [0, 0.05) is 18.3 Å². The van der Waals surface area contributed by atoms with E-state index in [1.54, 1.807) is 24.3 Å². The second-order valence-corrected chi connectivity index (χ2v) is 5.44. The molecule has 0 atom stereocenters. The number of halogens is 2. The lowest BCUT2D eigenvalue weighted by molar-refractivity contribution is 0.0961. The van der Waals surface area contributed by atoms with E-state index in [0.29, 0.717) is 11.3 Å². The van der Waals surface area contributed by atoms with Gasteiger partial charge in [0.25, 0.3) is 11.8 Å². The van der Waals surface area contributed by atoms with Crippen molar-refractivity contribution in [3.05, 3.63) is 65.4 Å². The van der Waals surface area contributed by atoms with Gasteiger partial charge in [-0.05, 0) is 36.4 Å². The summed E-state index contributed by atoms with van der Waals surface area (Å²) in [5.74, 6) is -3.60. The van der Waals surface area contributed by atoms with Crippen LogP contribution >= 0.6 is 0 Å². The molecule has 0 aliphatic carbocycles. The van der Waals surface area contributed by atoms with E-state index in [4.69, 9.17) is 10.2 Å². The number of hydrogen-bond donors (Lipinski definition) is 3. The van der Waals surface area contributed by atoms with Gasteiger partial charge in [-0.25, -0.2) is 13.8 Å². The molecule has 2 aromatic carbocycles. The van der Waals surface area contributed by atoms with E-state index < -0.39 is 29.0 Å². The Morgan fingerprint density at radius 3 is 2.26 bits per heavy atom. The highest BCUT2D eigenvalue weighted by molar-refractivity contribution is 5.97. The molecule has 0 saturated carbocycles. The maximum absolute atomic E-state index is 13.9. The number of hydrogen-bond acceptors (Lipinski definition) is 5. The summed E-state index contributed by atoms with van der Waals surface area (Å²) >= 11 is 0. The number of oxazole rings is 1. The quantitative estimate of drug-likeness (QED) is 0.638. The van der Waals surface area contributed by atoms with Gasteiger partial charge >= 0.3 is 0 Å². The molecule has 27 heavy (non-hydrogen) atoms. The van der Waals surface area contributed by atoms with Crippen molar-refractivity contribution in [3.8, 4) is 11.5 Å². The molecule has 0 fully saturated rings. The first-order chi connectivity index (χ1) is 12.9. The molecule has 0 radical (unpaired) electrons. The lowest BCUT2D eigenvalue weighted by atomic mass is 10.2. The molecule has 9 heteroatoms. The molecule has 3 rings (SSSR count). The largest absolute Gasteiger partial charge is 0.419 e. The van der Waals surface area contributed by atoms with Crippen molar-refractivity contribution in [3.63, 3.8) is 0 Å². The summed E-state index contributed by atoms with van der Waals surface area (Å²) in [7, 11) is 1.51. The minimum Gasteiger partial charge on any atom is -0.419 e.